The standard InChI is InChI=1S/C13H15N7O5/c21-10(7-19-6-9(5-16-19)20(23)24)14-3-4-15-12(22)13-17-11(18-25-13)8-1-2-8/h5-6,8H,1-4,7H2,(H,14,21)(H,15,22). The second-order valence-corrected chi connectivity index (χ2v) is 5.49. The van der Waals surface area contributed by atoms with E-state index in [-0.39, 0.29) is 37.1 Å². The van der Waals surface area contributed by atoms with Crippen molar-refractivity contribution in [2.45, 2.75) is 25.3 Å². The van der Waals surface area contributed by atoms with Gasteiger partial charge in [-0.05, 0) is 12.8 Å². The van der Waals surface area contributed by atoms with E-state index in [0.717, 1.165) is 29.9 Å². The van der Waals surface area contributed by atoms with E-state index in [4.69, 9.17) is 4.52 Å². The number of carbonyl (C=O) groups is 2. The molecule has 0 aliphatic heterocycles. The fourth-order valence-corrected chi connectivity index (χ4v) is 2.02. The zero-order valence-electron chi connectivity index (χ0n) is 13.0. The van der Waals surface area contributed by atoms with Crippen LogP contribution in [0.1, 0.15) is 35.3 Å². The van der Waals surface area contributed by atoms with Gasteiger partial charge in [0.15, 0.2) is 5.82 Å². The second-order valence-electron chi connectivity index (χ2n) is 5.49. The minimum absolute atomic E-state index is 0.0999. The van der Waals surface area contributed by atoms with Crippen LogP contribution in [0.4, 0.5) is 5.69 Å². The number of hydrogen-bond acceptors (Lipinski definition) is 8. The maximum Gasteiger partial charge on any atom is 0.315 e. The van der Waals surface area contributed by atoms with E-state index in [1.165, 1.54) is 0 Å². The van der Waals surface area contributed by atoms with Crippen LogP contribution in [-0.4, -0.2) is 49.7 Å². The molecule has 0 bridgehead atoms. The molecule has 1 saturated carbocycles. The Morgan fingerprint density at radius 1 is 1.36 bits per heavy atom. The van der Waals surface area contributed by atoms with Crippen molar-refractivity contribution in [1.82, 2.24) is 30.6 Å². The molecular weight excluding hydrogens is 334 g/mol. The molecule has 12 nitrogen and oxygen atoms in total. The van der Waals surface area contributed by atoms with Gasteiger partial charge in [0, 0.05) is 19.0 Å². The van der Waals surface area contributed by atoms with Gasteiger partial charge in [0.2, 0.25) is 5.91 Å². The average molecular weight is 349 g/mol. The first-order chi connectivity index (χ1) is 12.0. The van der Waals surface area contributed by atoms with Gasteiger partial charge in [-0.2, -0.15) is 10.1 Å². The molecule has 0 aromatic carbocycles. The Hall–Kier alpha value is -3.31. The highest BCUT2D eigenvalue weighted by atomic mass is 16.6. The minimum atomic E-state index is -0.594. The lowest BCUT2D eigenvalue weighted by Crippen LogP contribution is -2.36. The van der Waals surface area contributed by atoms with Crippen LogP contribution in [-0.2, 0) is 11.3 Å². The van der Waals surface area contributed by atoms with Crippen LogP contribution in [0.25, 0.3) is 0 Å². The van der Waals surface area contributed by atoms with Crippen LogP contribution in [0, 0.1) is 10.1 Å². The van der Waals surface area contributed by atoms with E-state index < -0.39 is 10.8 Å². The van der Waals surface area contributed by atoms with Crippen molar-refractivity contribution in [3.8, 4) is 0 Å². The summed E-state index contributed by atoms with van der Waals surface area (Å²) in [6.07, 6.45) is 4.24. The number of hydrogen-bond donors (Lipinski definition) is 2. The van der Waals surface area contributed by atoms with Gasteiger partial charge in [-0.1, -0.05) is 5.16 Å². The first-order valence-electron chi connectivity index (χ1n) is 7.58. The maximum absolute atomic E-state index is 11.8. The molecule has 132 valence electrons. The van der Waals surface area contributed by atoms with Crippen LogP contribution in [0.15, 0.2) is 16.9 Å². The molecule has 12 heteroatoms. The third-order valence-corrected chi connectivity index (χ3v) is 3.45. The molecule has 0 spiro atoms. The highest BCUT2D eigenvalue weighted by Gasteiger charge is 2.29. The first-order valence-corrected chi connectivity index (χ1v) is 7.58. The monoisotopic (exact) mass is 349 g/mol. The summed E-state index contributed by atoms with van der Waals surface area (Å²) in [5.41, 5.74) is -0.190. The molecule has 25 heavy (non-hydrogen) atoms. The van der Waals surface area contributed by atoms with Crippen molar-refractivity contribution >= 4 is 17.5 Å². The van der Waals surface area contributed by atoms with Gasteiger partial charge in [0.05, 0.1) is 4.92 Å². The number of amides is 2. The molecule has 2 aromatic heterocycles. The highest BCUT2D eigenvalue weighted by Crippen LogP contribution is 2.37. The van der Waals surface area contributed by atoms with Gasteiger partial charge in [0.25, 0.3) is 0 Å². The zero-order chi connectivity index (χ0) is 17.8. The van der Waals surface area contributed by atoms with Gasteiger partial charge < -0.3 is 15.2 Å². The smallest absolute Gasteiger partial charge is 0.315 e. The number of aromatic nitrogens is 4. The van der Waals surface area contributed by atoms with Crippen molar-refractivity contribution < 1.29 is 19.0 Å². The van der Waals surface area contributed by atoms with Crippen LogP contribution < -0.4 is 10.6 Å². The van der Waals surface area contributed by atoms with E-state index in [1.54, 1.807) is 0 Å². The summed E-state index contributed by atoms with van der Waals surface area (Å²) < 4.78 is 6.04. The van der Waals surface area contributed by atoms with E-state index in [0.29, 0.717) is 11.7 Å². The Balaban J connectivity index is 1.36. The summed E-state index contributed by atoms with van der Waals surface area (Å²) in [5.74, 6) is -0.149. The van der Waals surface area contributed by atoms with Crippen molar-refractivity contribution in [3.63, 3.8) is 0 Å². The molecule has 2 aromatic rings. The molecule has 1 aliphatic rings. The third kappa shape index (κ3) is 4.37. The Kier molecular flexibility index (Phi) is 4.68. The molecule has 2 heterocycles. The molecule has 2 N–H and O–H groups in total. The van der Waals surface area contributed by atoms with E-state index in [2.05, 4.69) is 25.9 Å². The largest absolute Gasteiger partial charge is 0.353 e. The lowest BCUT2D eigenvalue weighted by atomic mass is 10.4. The fourth-order valence-electron chi connectivity index (χ4n) is 2.02. The predicted molar refractivity (Wildman–Crippen MR) is 80.5 cm³/mol. The van der Waals surface area contributed by atoms with Crippen LogP contribution in [0.3, 0.4) is 0 Å². The van der Waals surface area contributed by atoms with Crippen molar-refractivity contribution in [2.24, 2.45) is 0 Å². The summed E-state index contributed by atoms with van der Waals surface area (Å²) in [7, 11) is 0. The minimum Gasteiger partial charge on any atom is -0.353 e. The fraction of sp³-hybridized carbons (Fsp3) is 0.462. The summed E-state index contributed by atoms with van der Waals surface area (Å²) >= 11 is 0. The topological polar surface area (TPSA) is 158 Å². The number of nitrogens with one attached hydrogen (secondary N) is 2. The molecule has 1 aliphatic carbocycles. The zero-order valence-corrected chi connectivity index (χ0v) is 13.0. The maximum atomic E-state index is 11.8. The SMILES string of the molecule is O=C(Cn1cc([N+](=O)[O-])cn1)NCCNC(=O)c1nc(C2CC2)no1. The first kappa shape index (κ1) is 16.5. The van der Waals surface area contributed by atoms with Gasteiger partial charge in [0.1, 0.15) is 18.9 Å². The van der Waals surface area contributed by atoms with Gasteiger partial charge in [-0.3, -0.25) is 24.4 Å². The lowest BCUT2D eigenvalue weighted by molar-refractivity contribution is -0.385. The van der Waals surface area contributed by atoms with Crippen molar-refractivity contribution in [2.75, 3.05) is 13.1 Å². The number of carbonyl (C=O) groups excluding carboxylic acids is 2. The molecule has 2 amide bonds. The van der Waals surface area contributed by atoms with Gasteiger partial charge >= 0.3 is 17.5 Å². The Labute approximate surface area is 140 Å². The van der Waals surface area contributed by atoms with E-state index in [1.807, 2.05) is 0 Å². The molecular formula is C13H15N7O5. The molecule has 1 fully saturated rings. The average Bonchev–Trinajstić information content (AvgIpc) is 3.11. The van der Waals surface area contributed by atoms with Crippen molar-refractivity contribution in [3.05, 3.63) is 34.2 Å². The predicted octanol–water partition coefficient (Wildman–Crippen LogP) is -0.402. The molecule has 3 rings (SSSR count). The molecule has 0 saturated heterocycles. The van der Waals surface area contributed by atoms with Gasteiger partial charge in [-0.25, -0.2) is 0 Å². The third-order valence-electron chi connectivity index (χ3n) is 3.45. The molecule has 0 unspecified atom stereocenters. The Morgan fingerprint density at radius 2 is 2.12 bits per heavy atom. The number of nitro groups is 1. The number of rotatable bonds is 8. The van der Waals surface area contributed by atoms with E-state index >= 15 is 0 Å². The quantitative estimate of drug-likeness (QED) is 0.370. The summed E-state index contributed by atoms with van der Waals surface area (Å²) in [6.45, 7) is 0.193. The summed E-state index contributed by atoms with van der Waals surface area (Å²) in [5, 5.41) is 23.1. The Bertz CT molecular complexity index is 794. The summed E-state index contributed by atoms with van der Waals surface area (Å²) in [4.78, 5) is 37.4. The van der Waals surface area contributed by atoms with Gasteiger partial charge in [-0.15, -0.1) is 0 Å². The van der Waals surface area contributed by atoms with Crippen molar-refractivity contribution in [1.29, 1.82) is 0 Å². The summed E-state index contributed by atoms with van der Waals surface area (Å²) in [6, 6.07) is 0. The highest BCUT2D eigenvalue weighted by molar-refractivity contribution is 5.89. The lowest BCUT2D eigenvalue weighted by Gasteiger charge is -2.05. The van der Waals surface area contributed by atoms with Crippen LogP contribution in [0.5, 0.6) is 0 Å². The number of nitrogens with zero attached hydrogens (tertiary/aromatic N) is 5. The van der Waals surface area contributed by atoms with Crippen LogP contribution in [0.2, 0.25) is 0 Å². The second kappa shape index (κ2) is 7.07. The molecule has 0 atom stereocenters. The Morgan fingerprint density at radius 3 is 2.80 bits per heavy atom. The normalized spacial score (nSPS) is 13.4. The van der Waals surface area contributed by atoms with E-state index in [9.17, 15) is 19.7 Å². The molecule has 0 radical (unpaired) electrons. The van der Waals surface area contributed by atoms with Crippen LogP contribution >= 0.6 is 0 Å².